The number of alkyl halides is 1. The van der Waals surface area contributed by atoms with Crippen molar-refractivity contribution in [2.75, 3.05) is 0 Å². The predicted molar refractivity (Wildman–Crippen MR) is 90.9 cm³/mol. The minimum absolute atomic E-state index is 0.454. The maximum absolute atomic E-state index is 6.01. The molecule has 0 spiro atoms. The van der Waals surface area contributed by atoms with Crippen LogP contribution < -0.4 is 4.74 Å². The van der Waals surface area contributed by atoms with Crippen molar-refractivity contribution in [2.45, 2.75) is 5.33 Å². The highest BCUT2D eigenvalue weighted by Gasteiger charge is 2.09. The Balaban J connectivity index is 2.04. The zero-order valence-electron chi connectivity index (χ0n) is 10.8. The SMILES string of the molecule is Clc1ccc(Oc2nc3ccccc3cc2CBr)cc1Cl. The van der Waals surface area contributed by atoms with Crippen LogP contribution in [0.1, 0.15) is 5.56 Å². The molecular weight excluding hydrogens is 373 g/mol. The first-order valence-corrected chi connectivity index (χ1v) is 8.12. The van der Waals surface area contributed by atoms with Gasteiger partial charge < -0.3 is 4.74 Å². The topological polar surface area (TPSA) is 22.1 Å². The highest BCUT2D eigenvalue weighted by atomic mass is 79.9. The molecule has 0 amide bonds. The molecule has 3 aromatic rings. The molecule has 1 heterocycles. The molecule has 21 heavy (non-hydrogen) atoms. The van der Waals surface area contributed by atoms with Crippen LogP contribution in [-0.4, -0.2) is 4.98 Å². The largest absolute Gasteiger partial charge is 0.439 e. The summed E-state index contributed by atoms with van der Waals surface area (Å²) in [6, 6.07) is 15.1. The molecule has 0 atom stereocenters. The summed E-state index contributed by atoms with van der Waals surface area (Å²) in [4.78, 5) is 4.57. The fraction of sp³-hybridized carbons (Fsp3) is 0.0625. The van der Waals surface area contributed by atoms with Crippen molar-refractivity contribution in [1.29, 1.82) is 0 Å². The van der Waals surface area contributed by atoms with Crippen LogP contribution in [0.25, 0.3) is 10.9 Å². The Kier molecular flexibility index (Phi) is 4.34. The van der Waals surface area contributed by atoms with Crippen LogP contribution in [0.15, 0.2) is 48.5 Å². The van der Waals surface area contributed by atoms with Crippen LogP contribution in [0.3, 0.4) is 0 Å². The lowest BCUT2D eigenvalue weighted by Crippen LogP contribution is -1.94. The number of pyridine rings is 1. The first-order valence-electron chi connectivity index (χ1n) is 6.25. The summed E-state index contributed by atoms with van der Waals surface area (Å²) in [7, 11) is 0. The number of para-hydroxylation sites is 1. The van der Waals surface area contributed by atoms with Gasteiger partial charge in [0, 0.05) is 22.3 Å². The van der Waals surface area contributed by atoms with Gasteiger partial charge >= 0.3 is 0 Å². The lowest BCUT2D eigenvalue weighted by molar-refractivity contribution is 0.461. The van der Waals surface area contributed by atoms with Gasteiger partial charge in [-0.2, -0.15) is 0 Å². The Morgan fingerprint density at radius 2 is 1.81 bits per heavy atom. The number of hydrogen-bond acceptors (Lipinski definition) is 2. The van der Waals surface area contributed by atoms with Gasteiger partial charge in [-0.05, 0) is 24.3 Å². The molecule has 0 radical (unpaired) electrons. The lowest BCUT2D eigenvalue weighted by atomic mass is 10.2. The predicted octanol–water partition coefficient (Wildman–Crippen LogP) is 6.23. The third-order valence-corrected chi connectivity index (χ3v) is 4.36. The smallest absolute Gasteiger partial charge is 0.223 e. The van der Waals surface area contributed by atoms with E-state index in [1.807, 2.05) is 24.3 Å². The Bertz CT molecular complexity index is 807. The van der Waals surface area contributed by atoms with E-state index in [0.29, 0.717) is 27.0 Å². The maximum atomic E-state index is 6.01. The monoisotopic (exact) mass is 381 g/mol. The van der Waals surface area contributed by atoms with E-state index in [4.69, 9.17) is 27.9 Å². The van der Waals surface area contributed by atoms with E-state index in [9.17, 15) is 0 Å². The molecule has 0 unspecified atom stereocenters. The van der Waals surface area contributed by atoms with Crippen molar-refractivity contribution < 1.29 is 4.74 Å². The average molecular weight is 383 g/mol. The first kappa shape index (κ1) is 14.6. The fourth-order valence-electron chi connectivity index (χ4n) is 1.98. The van der Waals surface area contributed by atoms with Crippen molar-refractivity contribution in [2.24, 2.45) is 0 Å². The number of halogens is 3. The van der Waals surface area contributed by atoms with Crippen LogP contribution in [0.2, 0.25) is 10.0 Å². The fourth-order valence-corrected chi connectivity index (χ4v) is 2.67. The summed E-state index contributed by atoms with van der Waals surface area (Å²) in [6.45, 7) is 0. The van der Waals surface area contributed by atoms with E-state index in [1.165, 1.54) is 0 Å². The molecule has 0 aliphatic carbocycles. The van der Waals surface area contributed by atoms with Crippen molar-refractivity contribution in [3.8, 4) is 11.6 Å². The Morgan fingerprint density at radius 1 is 1.00 bits per heavy atom. The molecule has 0 saturated carbocycles. The van der Waals surface area contributed by atoms with E-state index in [0.717, 1.165) is 16.5 Å². The van der Waals surface area contributed by atoms with Gasteiger partial charge in [0.1, 0.15) is 5.75 Å². The summed E-state index contributed by atoms with van der Waals surface area (Å²) in [5.41, 5.74) is 1.86. The van der Waals surface area contributed by atoms with E-state index >= 15 is 0 Å². The van der Waals surface area contributed by atoms with Gasteiger partial charge in [0.05, 0.1) is 15.6 Å². The average Bonchev–Trinajstić information content (AvgIpc) is 2.50. The second kappa shape index (κ2) is 6.22. The normalized spacial score (nSPS) is 10.8. The van der Waals surface area contributed by atoms with Gasteiger partial charge in [0.25, 0.3) is 0 Å². The van der Waals surface area contributed by atoms with Gasteiger partial charge in [0.2, 0.25) is 5.88 Å². The van der Waals surface area contributed by atoms with Crippen LogP contribution >= 0.6 is 39.1 Å². The van der Waals surface area contributed by atoms with Crippen molar-refractivity contribution in [3.05, 3.63) is 64.1 Å². The zero-order chi connectivity index (χ0) is 14.8. The number of rotatable bonds is 3. The molecule has 5 heteroatoms. The molecule has 0 aliphatic heterocycles. The number of aromatic nitrogens is 1. The molecule has 0 fully saturated rings. The Morgan fingerprint density at radius 3 is 2.57 bits per heavy atom. The molecule has 0 aliphatic rings. The summed E-state index contributed by atoms with van der Waals surface area (Å²) in [5.74, 6) is 1.17. The molecule has 0 bridgehead atoms. The third-order valence-electron chi connectivity index (χ3n) is 3.01. The standard InChI is InChI=1S/C16H10BrCl2NO/c17-9-11-7-10-3-1-2-4-15(10)20-16(11)21-12-5-6-13(18)14(19)8-12/h1-8H,9H2. The first-order chi connectivity index (χ1) is 10.2. The van der Waals surface area contributed by atoms with E-state index in [-0.39, 0.29) is 0 Å². The molecule has 3 rings (SSSR count). The van der Waals surface area contributed by atoms with Gasteiger partial charge in [-0.25, -0.2) is 4.98 Å². The maximum Gasteiger partial charge on any atom is 0.223 e. The van der Waals surface area contributed by atoms with Crippen LogP contribution in [0.4, 0.5) is 0 Å². The van der Waals surface area contributed by atoms with Gasteiger partial charge in [-0.1, -0.05) is 57.3 Å². The van der Waals surface area contributed by atoms with Gasteiger partial charge in [0.15, 0.2) is 0 Å². The van der Waals surface area contributed by atoms with E-state index in [1.54, 1.807) is 18.2 Å². The third kappa shape index (κ3) is 3.15. The zero-order valence-corrected chi connectivity index (χ0v) is 13.9. The van der Waals surface area contributed by atoms with E-state index < -0.39 is 0 Å². The molecule has 1 aromatic heterocycles. The van der Waals surface area contributed by atoms with Crippen molar-refractivity contribution in [3.63, 3.8) is 0 Å². The molecule has 0 N–H and O–H groups in total. The summed E-state index contributed by atoms with van der Waals surface area (Å²) < 4.78 is 5.86. The van der Waals surface area contributed by atoms with Crippen LogP contribution in [0.5, 0.6) is 11.6 Å². The Labute approximate surface area is 140 Å². The van der Waals surface area contributed by atoms with Crippen LogP contribution in [-0.2, 0) is 5.33 Å². The van der Waals surface area contributed by atoms with E-state index in [2.05, 4.69) is 27.0 Å². The highest BCUT2D eigenvalue weighted by Crippen LogP contribution is 2.32. The van der Waals surface area contributed by atoms with Crippen molar-refractivity contribution >= 4 is 50.0 Å². The highest BCUT2D eigenvalue weighted by molar-refractivity contribution is 9.08. The second-order valence-electron chi connectivity index (χ2n) is 4.46. The molecular formula is C16H10BrCl2NO. The van der Waals surface area contributed by atoms with Crippen molar-refractivity contribution in [1.82, 2.24) is 4.98 Å². The number of hydrogen-bond donors (Lipinski definition) is 0. The Hall–Kier alpha value is -1.29. The quantitative estimate of drug-likeness (QED) is 0.501. The summed E-state index contributed by atoms with van der Waals surface area (Å²) in [5, 5.41) is 2.68. The molecule has 2 aromatic carbocycles. The molecule has 106 valence electrons. The number of benzene rings is 2. The number of fused-ring (bicyclic) bond motifs is 1. The molecule has 0 saturated heterocycles. The lowest BCUT2D eigenvalue weighted by Gasteiger charge is -2.10. The van der Waals surface area contributed by atoms with Crippen LogP contribution in [0, 0.1) is 0 Å². The number of ether oxygens (including phenoxy) is 1. The number of nitrogens with zero attached hydrogens (tertiary/aromatic N) is 1. The summed E-state index contributed by atoms with van der Waals surface area (Å²) in [6.07, 6.45) is 0. The second-order valence-corrected chi connectivity index (χ2v) is 5.83. The van der Waals surface area contributed by atoms with Gasteiger partial charge in [-0.15, -0.1) is 0 Å². The minimum atomic E-state index is 0.454. The molecule has 2 nitrogen and oxygen atoms in total. The van der Waals surface area contributed by atoms with Gasteiger partial charge in [-0.3, -0.25) is 0 Å². The minimum Gasteiger partial charge on any atom is -0.439 e. The summed E-state index contributed by atoms with van der Waals surface area (Å²) >= 11 is 15.4.